The minimum atomic E-state index is -0.838. The Balaban J connectivity index is 1.50. The standard InChI is InChI=1S/C15H20FN5OS/c1-20-8-11(6-19-20)4-14(22)18-7-13-5-12(16)9-21(13)10-15-17-2-3-23-15/h2-3,6,8,12-13H,4-5,7,9-10H2,1H3,(H,18,22)/t12-,13-/m0/s1. The molecule has 2 aromatic rings. The fourth-order valence-corrected chi connectivity index (χ4v) is 3.52. The minimum Gasteiger partial charge on any atom is -0.354 e. The maximum absolute atomic E-state index is 13.7. The lowest BCUT2D eigenvalue weighted by molar-refractivity contribution is -0.120. The zero-order chi connectivity index (χ0) is 16.2. The van der Waals surface area contributed by atoms with E-state index in [4.69, 9.17) is 0 Å². The highest BCUT2D eigenvalue weighted by molar-refractivity contribution is 7.09. The third kappa shape index (κ3) is 4.35. The minimum absolute atomic E-state index is 0.0201. The summed E-state index contributed by atoms with van der Waals surface area (Å²) >= 11 is 1.57. The van der Waals surface area contributed by atoms with Crippen LogP contribution in [0.15, 0.2) is 24.0 Å². The maximum atomic E-state index is 13.7. The number of nitrogens with zero attached hydrogens (tertiary/aromatic N) is 4. The Kier molecular flexibility index (Phi) is 5.02. The van der Waals surface area contributed by atoms with Crippen LogP contribution in [0.4, 0.5) is 4.39 Å². The second-order valence-corrected chi connectivity index (χ2v) is 6.82. The van der Waals surface area contributed by atoms with Crippen LogP contribution in [-0.4, -0.2) is 50.9 Å². The molecule has 8 heteroatoms. The van der Waals surface area contributed by atoms with Gasteiger partial charge in [-0.2, -0.15) is 5.10 Å². The van der Waals surface area contributed by atoms with Crippen LogP contribution in [0.2, 0.25) is 0 Å². The monoisotopic (exact) mass is 337 g/mol. The van der Waals surface area contributed by atoms with E-state index < -0.39 is 6.17 Å². The predicted octanol–water partition coefficient (Wildman–Crippen LogP) is 1.15. The zero-order valence-corrected chi connectivity index (χ0v) is 13.8. The van der Waals surface area contributed by atoms with E-state index in [0.717, 1.165) is 10.6 Å². The summed E-state index contributed by atoms with van der Waals surface area (Å²) in [5.41, 5.74) is 0.874. The zero-order valence-electron chi connectivity index (χ0n) is 13.0. The molecular formula is C15H20FN5OS. The van der Waals surface area contributed by atoms with Gasteiger partial charge in [-0.3, -0.25) is 14.4 Å². The number of likely N-dealkylation sites (tertiary alicyclic amines) is 1. The molecule has 1 amide bonds. The molecule has 0 aromatic carbocycles. The fraction of sp³-hybridized carbons (Fsp3) is 0.533. The molecule has 0 saturated carbocycles. The van der Waals surface area contributed by atoms with Gasteiger partial charge in [-0.15, -0.1) is 11.3 Å². The van der Waals surface area contributed by atoms with E-state index in [9.17, 15) is 9.18 Å². The Labute approximate surface area is 138 Å². The number of amides is 1. The number of carbonyl (C=O) groups is 1. The van der Waals surface area contributed by atoms with E-state index in [0.29, 0.717) is 32.5 Å². The summed E-state index contributed by atoms with van der Waals surface area (Å²) in [5, 5.41) is 9.85. The molecule has 0 radical (unpaired) electrons. The van der Waals surface area contributed by atoms with Gasteiger partial charge in [-0.05, 0) is 12.0 Å². The number of halogens is 1. The molecule has 3 rings (SSSR count). The van der Waals surface area contributed by atoms with Crippen LogP contribution in [0, 0.1) is 0 Å². The van der Waals surface area contributed by atoms with Crippen molar-refractivity contribution in [2.24, 2.45) is 7.05 Å². The summed E-state index contributed by atoms with van der Waals surface area (Å²) in [7, 11) is 1.82. The second kappa shape index (κ2) is 7.18. The smallest absolute Gasteiger partial charge is 0.224 e. The average Bonchev–Trinajstić information content (AvgIpc) is 3.21. The Morgan fingerprint density at radius 3 is 3.13 bits per heavy atom. The van der Waals surface area contributed by atoms with Crippen LogP contribution in [-0.2, 0) is 24.8 Å². The molecule has 0 bridgehead atoms. The van der Waals surface area contributed by atoms with Crippen molar-refractivity contribution in [1.82, 2.24) is 25.0 Å². The van der Waals surface area contributed by atoms with Gasteiger partial charge in [0.2, 0.25) is 5.91 Å². The number of hydrogen-bond donors (Lipinski definition) is 1. The topological polar surface area (TPSA) is 63.1 Å². The molecule has 2 aromatic heterocycles. The number of hydrogen-bond acceptors (Lipinski definition) is 5. The van der Waals surface area contributed by atoms with Crippen molar-refractivity contribution in [2.75, 3.05) is 13.1 Å². The first-order chi connectivity index (χ1) is 11.1. The summed E-state index contributed by atoms with van der Waals surface area (Å²) < 4.78 is 15.4. The highest BCUT2D eigenvalue weighted by Gasteiger charge is 2.32. The lowest BCUT2D eigenvalue weighted by Gasteiger charge is -2.23. The van der Waals surface area contributed by atoms with Gasteiger partial charge in [0.25, 0.3) is 0 Å². The van der Waals surface area contributed by atoms with E-state index in [1.165, 1.54) is 0 Å². The van der Waals surface area contributed by atoms with E-state index in [1.807, 2.05) is 18.6 Å². The summed E-state index contributed by atoms with van der Waals surface area (Å²) in [6, 6.07) is 0.0201. The number of alkyl halides is 1. The predicted molar refractivity (Wildman–Crippen MR) is 85.7 cm³/mol. The summed E-state index contributed by atoms with van der Waals surface area (Å²) in [6.45, 7) is 1.51. The summed E-state index contributed by atoms with van der Waals surface area (Å²) in [4.78, 5) is 18.3. The van der Waals surface area contributed by atoms with Crippen LogP contribution >= 0.6 is 11.3 Å². The molecular weight excluding hydrogens is 317 g/mol. The molecule has 124 valence electrons. The molecule has 6 nitrogen and oxygen atoms in total. The fourth-order valence-electron chi connectivity index (χ4n) is 2.88. The largest absolute Gasteiger partial charge is 0.354 e. The molecule has 23 heavy (non-hydrogen) atoms. The highest BCUT2D eigenvalue weighted by Crippen LogP contribution is 2.23. The van der Waals surface area contributed by atoms with Crippen LogP contribution < -0.4 is 5.32 Å². The van der Waals surface area contributed by atoms with Gasteiger partial charge in [0.05, 0.1) is 19.2 Å². The molecule has 1 fully saturated rings. The van der Waals surface area contributed by atoms with Crippen LogP contribution in [0.5, 0.6) is 0 Å². The molecule has 1 saturated heterocycles. The van der Waals surface area contributed by atoms with Gasteiger partial charge in [-0.25, -0.2) is 9.37 Å². The van der Waals surface area contributed by atoms with Crippen molar-refractivity contribution in [3.63, 3.8) is 0 Å². The van der Waals surface area contributed by atoms with Crippen molar-refractivity contribution in [3.05, 3.63) is 34.5 Å². The van der Waals surface area contributed by atoms with Crippen molar-refractivity contribution < 1.29 is 9.18 Å². The summed E-state index contributed by atoms with van der Waals surface area (Å²) in [5.74, 6) is -0.0606. The summed E-state index contributed by atoms with van der Waals surface area (Å²) in [6.07, 6.45) is 5.18. The second-order valence-electron chi connectivity index (χ2n) is 5.85. The Morgan fingerprint density at radius 2 is 2.43 bits per heavy atom. The molecule has 1 aliphatic heterocycles. The van der Waals surface area contributed by atoms with Gasteiger partial charge in [0.1, 0.15) is 11.2 Å². The van der Waals surface area contributed by atoms with E-state index in [2.05, 4.69) is 20.3 Å². The number of thiazole rings is 1. The lowest BCUT2D eigenvalue weighted by Crippen LogP contribution is -2.40. The average molecular weight is 337 g/mol. The first kappa shape index (κ1) is 16.1. The Hall–Kier alpha value is -1.80. The van der Waals surface area contributed by atoms with Crippen LogP contribution in [0.25, 0.3) is 0 Å². The van der Waals surface area contributed by atoms with Gasteiger partial charge in [0, 0.05) is 44.0 Å². The number of nitrogens with one attached hydrogen (secondary N) is 1. The van der Waals surface area contributed by atoms with Crippen molar-refractivity contribution in [1.29, 1.82) is 0 Å². The normalized spacial score (nSPS) is 21.7. The van der Waals surface area contributed by atoms with E-state index in [1.54, 1.807) is 28.4 Å². The quantitative estimate of drug-likeness (QED) is 0.859. The molecule has 1 aliphatic rings. The van der Waals surface area contributed by atoms with Gasteiger partial charge in [0.15, 0.2) is 0 Å². The molecule has 0 aliphatic carbocycles. The number of rotatable bonds is 6. The molecule has 0 spiro atoms. The lowest BCUT2D eigenvalue weighted by atomic mass is 10.2. The third-order valence-electron chi connectivity index (χ3n) is 3.96. The van der Waals surface area contributed by atoms with Gasteiger partial charge < -0.3 is 5.32 Å². The Morgan fingerprint density at radius 1 is 1.57 bits per heavy atom. The van der Waals surface area contributed by atoms with E-state index in [-0.39, 0.29) is 11.9 Å². The third-order valence-corrected chi connectivity index (χ3v) is 4.72. The first-order valence-electron chi connectivity index (χ1n) is 7.61. The van der Waals surface area contributed by atoms with Crippen LogP contribution in [0.1, 0.15) is 17.0 Å². The van der Waals surface area contributed by atoms with Crippen molar-refractivity contribution >= 4 is 17.2 Å². The highest BCUT2D eigenvalue weighted by atomic mass is 32.1. The molecule has 0 unspecified atom stereocenters. The maximum Gasteiger partial charge on any atom is 0.224 e. The van der Waals surface area contributed by atoms with Gasteiger partial charge in [-0.1, -0.05) is 0 Å². The van der Waals surface area contributed by atoms with Crippen molar-refractivity contribution in [2.45, 2.75) is 31.6 Å². The Bertz CT molecular complexity index is 644. The molecule has 2 atom stereocenters. The molecule has 1 N–H and O–H groups in total. The SMILES string of the molecule is Cn1cc(CC(=O)NC[C@@H]2C[C@H](F)CN2Cc2nccs2)cn1. The number of aryl methyl sites for hydroxylation is 1. The number of carbonyl (C=O) groups excluding carboxylic acids is 1. The van der Waals surface area contributed by atoms with Crippen LogP contribution in [0.3, 0.4) is 0 Å². The van der Waals surface area contributed by atoms with E-state index >= 15 is 0 Å². The van der Waals surface area contributed by atoms with Crippen molar-refractivity contribution in [3.8, 4) is 0 Å². The van der Waals surface area contributed by atoms with Gasteiger partial charge >= 0.3 is 0 Å². The first-order valence-corrected chi connectivity index (χ1v) is 8.49. The molecule has 3 heterocycles. The number of aromatic nitrogens is 3.